The van der Waals surface area contributed by atoms with Gasteiger partial charge in [-0.3, -0.25) is 9.79 Å². The Labute approximate surface area is 165 Å². The van der Waals surface area contributed by atoms with Crippen molar-refractivity contribution in [2.45, 2.75) is 84.2 Å². The zero-order chi connectivity index (χ0) is 17.1. The molecular weight excluding hydrogens is 415 g/mol. The molecule has 0 aromatic rings. The van der Waals surface area contributed by atoms with E-state index in [9.17, 15) is 4.79 Å². The molecular formula is C18H37IN4O. The molecule has 0 spiro atoms. The van der Waals surface area contributed by atoms with E-state index in [1.165, 1.54) is 25.7 Å². The van der Waals surface area contributed by atoms with E-state index in [-0.39, 0.29) is 29.9 Å². The van der Waals surface area contributed by atoms with Crippen LogP contribution in [0.4, 0.5) is 0 Å². The molecule has 0 aliphatic heterocycles. The number of carbonyl (C=O) groups is 1. The van der Waals surface area contributed by atoms with Gasteiger partial charge in [0.2, 0.25) is 5.91 Å². The average molecular weight is 452 g/mol. The summed E-state index contributed by atoms with van der Waals surface area (Å²) in [5.74, 6) is 1.65. The van der Waals surface area contributed by atoms with E-state index >= 15 is 0 Å². The molecule has 24 heavy (non-hydrogen) atoms. The molecule has 1 amide bonds. The van der Waals surface area contributed by atoms with Gasteiger partial charge in [0.1, 0.15) is 0 Å². The van der Waals surface area contributed by atoms with Gasteiger partial charge < -0.3 is 16.0 Å². The van der Waals surface area contributed by atoms with Crippen LogP contribution in [-0.4, -0.2) is 37.5 Å². The van der Waals surface area contributed by atoms with Gasteiger partial charge in [0, 0.05) is 32.1 Å². The summed E-state index contributed by atoms with van der Waals surface area (Å²) in [6.07, 6.45) is 8.89. The molecule has 1 rings (SSSR count). The third-order valence-electron chi connectivity index (χ3n) is 4.40. The number of hydrogen-bond donors (Lipinski definition) is 3. The fraction of sp³-hybridized carbons (Fsp3) is 0.889. The Morgan fingerprint density at radius 3 is 2.38 bits per heavy atom. The van der Waals surface area contributed by atoms with Crippen molar-refractivity contribution in [2.75, 3.05) is 13.6 Å². The summed E-state index contributed by atoms with van der Waals surface area (Å²) < 4.78 is 0. The summed E-state index contributed by atoms with van der Waals surface area (Å²) in [6.45, 7) is 7.27. The SMILES string of the molecule is CN=C(NCCC(=O)NC1CCCCC1)NC(C)CCC(C)C.I. The number of nitrogens with one attached hydrogen (secondary N) is 3. The van der Waals surface area contributed by atoms with Gasteiger partial charge in [0.15, 0.2) is 5.96 Å². The Balaban J connectivity index is 0.00000529. The second-order valence-electron chi connectivity index (χ2n) is 7.17. The molecule has 1 atom stereocenters. The molecule has 1 saturated carbocycles. The highest BCUT2D eigenvalue weighted by Gasteiger charge is 2.15. The van der Waals surface area contributed by atoms with Gasteiger partial charge in [0.05, 0.1) is 0 Å². The Morgan fingerprint density at radius 1 is 1.12 bits per heavy atom. The van der Waals surface area contributed by atoms with Crippen LogP contribution in [0.1, 0.15) is 72.1 Å². The largest absolute Gasteiger partial charge is 0.356 e. The minimum absolute atomic E-state index is 0. The van der Waals surface area contributed by atoms with Gasteiger partial charge >= 0.3 is 0 Å². The molecule has 0 aromatic heterocycles. The number of halogens is 1. The number of amides is 1. The summed E-state index contributed by atoms with van der Waals surface area (Å²) in [7, 11) is 1.77. The molecule has 0 heterocycles. The van der Waals surface area contributed by atoms with E-state index in [1.807, 2.05) is 0 Å². The maximum Gasteiger partial charge on any atom is 0.221 e. The van der Waals surface area contributed by atoms with Crippen LogP contribution >= 0.6 is 24.0 Å². The van der Waals surface area contributed by atoms with Crippen molar-refractivity contribution in [3.8, 4) is 0 Å². The third kappa shape index (κ3) is 11.1. The van der Waals surface area contributed by atoms with Crippen molar-refractivity contribution in [1.82, 2.24) is 16.0 Å². The summed E-state index contributed by atoms with van der Waals surface area (Å²) in [4.78, 5) is 16.2. The Morgan fingerprint density at radius 2 is 1.79 bits per heavy atom. The predicted molar refractivity (Wildman–Crippen MR) is 113 cm³/mol. The number of carbonyl (C=O) groups excluding carboxylic acids is 1. The van der Waals surface area contributed by atoms with Gasteiger partial charge in [-0.1, -0.05) is 33.1 Å². The summed E-state index contributed by atoms with van der Waals surface area (Å²) in [6, 6.07) is 0.782. The first-order valence-corrected chi connectivity index (χ1v) is 9.27. The van der Waals surface area contributed by atoms with Crippen LogP contribution in [-0.2, 0) is 4.79 Å². The van der Waals surface area contributed by atoms with Crippen LogP contribution in [0.25, 0.3) is 0 Å². The van der Waals surface area contributed by atoms with Gasteiger partial charge in [-0.2, -0.15) is 0 Å². The normalized spacial score (nSPS) is 17.1. The fourth-order valence-electron chi connectivity index (χ4n) is 2.92. The molecule has 1 unspecified atom stereocenters. The molecule has 5 nitrogen and oxygen atoms in total. The van der Waals surface area contributed by atoms with Crippen LogP contribution in [0.2, 0.25) is 0 Å². The molecule has 142 valence electrons. The van der Waals surface area contributed by atoms with Crippen LogP contribution in [0.3, 0.4) is 0 Å². The number of guanidine groups is 1. The van der Waals surface area contributed by atoms with E-state index in [2.05, 4.69) is 41.7 Å². The van der Waals surface area contributed by atoms with Gasteiger partial charge in [0.25, 0.3) is 0 Å². The van der Waals surface area contributed by atoms with Crippen molar-refractivity contribution in [3.63, 3.8) is 0 Å². The van der Waals surface area contributed by atoms with E-state index in [4.69, 9.17) is 0 Å². The zero-order valence-electron chi connectivity index (χ0n) is 15.9. The first-order valence-electron chi connectivity index (χ1n) is 9.27. The summed E-state index contributed by atoms with van der Waals surface area (Å²) in [5, 5.41) is 9.76. The highest BCUT2D eigenvalue weighted by Crippen LogP contribution is 2.17. The highest BCUT2D eigenvalue weighted by molar-refractivity contribution is 14.0. The highest BCUT2D eigenvalue weighted by atomic mass is 127. The molecule has 3 N–H and O–H groups in total. The maximum atomic E-state index is 12.0. The van der Waals surface area contributed by atoms with E-state index in [1.54, 1.807) is 7.05 Å². The first-order chi connectivity index (χ1) is 11.0. The molecule has 0 saturated heterocycles. The van der Waals surface area contributed by atoms with E-state index < -0.39 is 0 Å². The van der Waals surface area contributed by atoms with Crippen molar-refractivity contribution in [1.29, 1.82) is 0 Å². The van der Waals surface area contributed by atoms with E-state index in [0.717, 1.165) is 31.1 Å². The molecule has 0 bridgehead atoms. The standard InChI is InChI=1S/C18H36N4O.HI/c1-14(2)10-11-15(3)21-18(19-4)20-13-12-17(23)22-16-8-6-5-7-9-16;/h14-16H,5-13H2,1-4H3,(H,22,23)(H2,19,20,21);1H. The number of nitrogens with zero attached hydrogens (tertiary/aromatic N) is 1. The lowest BCUT2D eigenvalue weighted by atomic mass is 9.95. The number of rotatable bonds is 8. The van der Waals surface area contributed by atoms with Crippen molar-refractivity contribution in [3.05, 3.63) is 0 Å². The van der Waals surface area contributed by atoms with Crippen LogP contribution in [0.5, 0.6) is 0 Å². The lowest BCUT2D eigenvalue weighted by Gasteiger charge is -2.23. The predicted octanol–water partition coefficient (Wildman–Crippen LogP) is 3.43. The summed E-state index contributed by atoms with van der Waals surface area (Å²) >= 11 is 0. The Bertz CT molecular complexity index is 368. The lowest BCUT2D eigenvalue weighted by molar-refractivity contribution is -0.121. The second kappa shape index (κ2) is 13.7. The van der Waals surface area contributed by atoms with Crippen molar-refractivity contribution >= 4 is 35.8 Å². The third-order valence-corrected chi connectivity index (χ3v) is 4.40. The minimum Gasteiger partial charge on any atom is -0.356 e. The molecule has 0 aromatic carbocycles. The molecule has 0 radical (unpaired) electrons. The van der Waals surface area contributed by atoms with Crippen molar-refractivity contribution in [2.24, 2.45) is 10.9 Å². The molecule has 1 aliphatic carbocycles. The molecule has 1 fully saturated rings. The van der Waals surface area contributed by atoms with Crippen molar-refractivity contribution < 1.29 is 4.79 Å². The first kappa shape index (κ1) is 23.5. The number of hydrogen-bond acceptors (Lipinski definition) is 2. The van der Waals surface area contributed by atoms with Crippen LogP contribution in [0, 0.1) is 5.92 Å². The minimum atomic E-state index is 0. The van der Waals surface area contributed by atoms with Crippen LogP contribution in [0.15, 0.2) is 4.99 Å². The summed E-state index contributed by atoms with van der Waals surface area (Å²) in [5.41, 5.74) is 0. The molecule has 6 heteroatoms. The second-order valence-corrected chi connectivity index (χ2v) is 7.17. The topological polar surface area (TPSA) is 65.5 Å². The Hall–Kier alpha value is -0.530. The fourth-order valence-corrected chi connectivity index (χ4v) is 2.92. The van der Waals surface area contributed by atoms with Gasteiger partial charge in [-0.15, -0.1) is 24.0 Å². The van der Waals surface area contributed by atoms with E-state index in [0.29, 0.717) is 25.0 Å². The quantitative estimate of drug-likeness (QED) is 0.300. The van der Waals surface area contributed by atoms with Gasteiger partial charge in [-0.05, 0) is 38.5 Å². The average Bonchev–Trinajstić information content (AvgIpc) is 2.52. The smallest absolute Gasteiger partial charge is 0.221 e. The van der Waals surface area contributed by atoms with Crippen LogP contribution < -0.4 is 16.0 Å². The molecule has 1 aliphatic rings. The van der Waals surface area contributed by atoms with Gasteiger partial charge in [-0.25, -0.2) is 0 Å². The zero-order valence-corrected chi connectivity index (χ0v) is 18.2. The maximum absolute atomic E-state index is 12.0. The Kier molecular flexibility index (Phi) is 13.4. The lowest BCUT2D eigenvalue weighted by Crippen LogP contribution is -2.44. The monoisotopic (exact) mass is 452 g/mol. The number of aliphatic imine (C=N–C) groups is 1.